The second-order valence-corrected chi connectivity index (χ2v) is 3.01. The summed E-state index contributed by atoms with van der Waals surface area (Å²) in [5.41, 5.74) is 1.05. The fraction of sp³-hybridized carbons (Fsp3) is 0.364. The van der Waals surface area contributed by atoms with Crippen LogP contribution < -0.4 is 0 Å². The number of carboxylic acid groups (broad SMARTS) is 1. The van der Waals surface area contributed by atoms with E-state index in [1.807, 2.05) is 13.0 Å². The Kier molecular flexibility index (Phi) is 4.13. The summed E-state index contributed by atoms with van der Waals surface area (Å²) in [4.78, 5) is 10.8. The van der Waals surface area contributed by atoms with E-state index in [1.165, 1.54) is 0 Å². The Morgan fingerprint density at radius 3 is 2.79 bits per heavy atom. The molecule has 0 fully saturated rings. The molecule has 0 saturated heterocycles. The van der Waals surface area contributed by atoms with E-state index in [2.05, 4.69) is 0 Å². The molecule has 3 heteroatoms. The molecule has 0 aliphatic carbocycles. The molecule has 1 aromatic carbocycles. The number of carboxylic acids is 1. The molecule has 1 aromatic rings. The number of aromatic carboxylic acids is 1. The van der Waals surface area contributed by atoms with Crippen LogP contribution in [0.4, 0.5) is 0 Å². The molecule has 0 atom stereocenters. The molecule has 0 amide bonds. The molecular formula is C11H14O3. The number of hydrogen-bond acceptors (Lipinski definition) is 2. The van der Waals surface area contributed by atoms with Gasteiger partial charge in [-0.05, 0) is 18.1 Å². The highest BCUT2D eigenvalue weighted by Gasteiger charge is 2.07. The van der Waals surface area contributed by atoms with Crippen LogP contribution in [0.1, 0.15) is 29.3 Å². The summed E-state index contributed by atoms with van der Waals surface area (Å²) < 4.78 is 5.30. The summed E-state index contributed by atoms with van der Waals surface area (Å²) in [5.74, 6) is -0.902. The summed E-state index contributed by atoms with van der Waals surface area (Å²) in [6, 6.07) is 6.90. The van der Waals surface area contributed by atoms with Crippen LogP contribution in [0.15, 0.2) is 24.3 Å². The lowest BCUT2D eigenvalue weighted by atomic mass is 10.1. The molecule has 1 N–H and O–H groups in total. The normalized spacial score (nSPS) is 10.1. The predicted molar refractivity (Wildman–Crippen MR) is 53.3 cm³/mol. The van der Waals surface area contributed by atoms with Gasteiger partial charge in [0.1, 0.15) is 0 Å². The van der Waals surface area contributed by atoms with E-state index in [-0.39, 0.29) is 0 Å². The van der Waals surface area contributed by atoms with Crippen LogP contribution in [0, 0.1) is 0 Å². The van der Waals surface area contributed by atoms with E-state index in [1.54, 1.807) is 18.2 Å². The minimum Gasteiger partial charge on any atom is -0.478 e. The van der Waals surface area contributed by atoms with Crippen molar-refractivity contribution in [1.29, 1.82) is 0 Å². The quantitative estimate of drug-likeness (QED) is 0.731. The topological polar surface area (TPSA) is 46.5 Å². The average Bonchev–Trinajstić information content (AvgIpc) is 2.19. The summed E-state index contributed by atoms with van der Waals surface area (Å²) in [7, 11) is 0. The van der Waals surface area contributed by atoms with Crippen molar-refractivity contribution in [2.75, 3.05) is 6.61 Å². The summed E-state index contributed by atoms with van der Waals surface area (Å²) >= 11 is 0. The minimum absolute atomic E-state index is 0.323. The Labute approximate surface area is 83.3 Å². The summed E-state index contributed by atoms with van der Waals surface area (Å²) in [5, 5.41) is 8.87. The highest BCUT2D eigenvalue weighted by atomic mass is 16.5. The van der Waals surface area contributed by atoms with Crippen molar-refractivity contribution < 1.29 is 14.6 Å². The lowest BCUT2D eigenvalue weighted by molar-refractivity contribution is 0.0687. The first-order valence-corrected chi connectivity index (χ1v) is 4.64. The van der Waals surface area contributed by atoms with Crippen LogP contribution in [0.2, 0.25) is 0 Å². The Bertz CT molecular complexity index is 307. The van der Waals surface area contributed by atoms with Gasteiger partial charge in [-0.25, -0.2) is 4.79 Å². The van der Waals surface area contributed by atoms with Crippen molar-refractivity contribution in [3.8, 4) is 0 Å². The Morgan fingerprint density at radius 1 is 1.43 bits per heavy atom. The van der Waals surface area contributed by atoms with E-state index in [9.17, 15) is 4.79 Å². The third-order valence-corrected chi connectivity index (χ3v) is 1.85. The van der Waals surface area contributed by atoms with Crippen molar-refractivity contribution in [3.05, 3.63) is 35.4 Å². The first-order chi connectivity index (χ1) is 6.75. The standard InChI is InChI=1S/C11H14O3/c1-2-7-14-8-9-5-3-4-6-10(9)11(12)13/h3-6H,2,7-8H2,1H3,(H,12,13). The lowest BCUT2D eigenvalue weighted by Gasteiger charge is -2.05. The molecule has 0 aromatic heterocycles. The van der Waals surface area contributed by atoms with Crippen LogP contribution >= 0.6 is 0 Å². The Hall–Kier alpha value is -1.35. The zero-order valence-corrected chi connectivity index (χ0v) is 8.19. The first-order valence-electron chi connectivity index (χ1n) is 4.64. The largest absolute Gasteiger partial charge is 0.478 e. The van der Waals surface area contributed by atoms with Gasteiger partial charge in [-0.1, -0.05) is 25.1 Å². The predicted octanol–water partition coefficient (Wildman–Crippen LogP) is 2.31. The number of ether oxygens (including phenoxy) is 1. The molecule has 0 bridgehead atoms. The molecule has 0 aliphatic rings. The molecule has 0 spiro atoms. The van der Waals surface area contributed by atoms with Gasteiger partial charge in [-0.2, -0.15) is 0 Å². The smallest absolute Gasteiger partial charge is 0.336 e. The zero-order valence-electron chi connectivity index (χ0n) is 8.19. The first kappa shape index (κ1) is 10.7. The Morgan fingerprint density at radius 2 is 2.14 bits per heavy atom. The van der Waals surface area contributed by atoms with E-state index in [4.69, 9.17) is 9.84 Å². The van der Waals surface area contributed by atoms with E-state index in [0.717, 1.165) is 12.0 Å². The number of rotatable bonds is 5. The van der Waals surface area contributed by atoms with Gasteiger partial charge in [0.2, 0.25) is 0 Å². The maximum Gasteiger partial charge on any atom is 0.336 e. The van der Waals surface area contributed by atoms with Crippen LogP contribution in [-0.4, -0.2) is 17.7 Å². The highest BCUT2D eigenvalue weighted by molar-refractivity contribution is 5.89. The van der Waals surface area contributed by atoms with Gasteiger partial charge in [-0.15, -0.1) is 0 Å². The van der Waals surface area contributed by atoms with E-state index < -0.39 is 5.97 Å². The van der Waals surface area contributed by atoms with E-state index >= 15 is 0 Å². The van der Waals surface area contributed by atoms with Crippen molar-refractivity contribution in [2.45, 2.75) is 20.0 Å². The Balaban J connectivity index is 2.69. The van der Waals surface area contributed by atoms with Crippen LogP contribution in [0.25, 0.3) is 0 Å². The van der Waals surface area contributed by atoms with E-state index in [0.29, 0.717) is 18.8 Å². The molecule has 0 heterocycles. The second-order valence-electron chi connectivity index (χ2n) is 3.01. The summed E-state index contributed by atoms with van der Waals surface area (Å²) in [6.45, 7) is 3.05. The number of benzene rings is 1. The van der Waals surface area contributed by atoms with Crippen LogP contribution in [0.3, 0.4) is 0 Å². The molecule has 3 nitrogen and oxygen atoms in total. The molecular weight excluding hydrogens is 180 g/mol. The van der Waals surface area contributed by atoms with Gasteiger partial charge in [0.05, 0.1) is 12.2 Å². The molecule has 14 heavy (non-hydrogen) atoms. The highest BCUT2D eigenvalue weighted by Crippen LogP contribution is 2.09. The monoisotopic (exact) mass is 194 g/mol. The van der Waals surface area contributed by atoms with Crippen molar-refractivity contribution in [3.63, 3.8) is 0 Å². The van der Waals surface area contributed by atoms with Gasteiger partial charge < -0.3 is 9.84 Å². The fourth-order valence-corrected chi connectivity index (χ4v) is 1.18. The molecule has 1 rings (SSSR count). The maximum atomic E-state index is 10.8. The molecule has 76 valence electrons. The third-order valence-electron chi connectivity index (χ3n) is 1.85. The zero-order chi connectivity index (χ0) is 10.4. The van der Waals surface area contributed by atoms with Crippen molar-refractivity contribution in [1.82, 2.24) is 0 Å². The van der Waals surface area contributed by atoms with Gasteiger partial charge in [0.25, 0.3) is 0 Å². The van der Waals surface area contributed by atoms with Crippen LogP contribution in [0.5, 0.6) is 0 Å². The lowest BCUT2D eigenvalue weighted by Crippen LogP contribution is -2.04. The van der Waals surface area contributed by atoms with Crippen molar-refractivity contribution >= 4 is 5.97 Å². The summed E-state index contributed by atoms with van der Waals surface area (Å²) in [6.07, 6.45) is 0.940. The molecule has 0 radical (unpaired) electrons. The van der Waals surface area contributed by atoms with Crippen molar-refractivity contribution in [2.24, 2.45) is 0 Å². The fourth-order valence-electron chi connectivity index (χ4n) is 1.18. The van der Waals surface area contributed by atoms with Gasteiger partial charge in [0.15, 0.2) is 0 Å². The third kappa shape index (κ3) is 2.85. The SMILES string of the molecule is CCCOCc1ccccc1C(=O)O. The minimum atomic E-state index is -0.902. The number of hydrogen-bond donors (Lipinski definition) is 1. The molecule has 0 aliphatic heterocycles. The maximum absolute atomic E-state index is 10.8. The molecule has 0 unspecified atom stereocenters. The van der Waals surface area contributed by atoms with Gasteiger partial charge >= 0.3 is 5.97 Å². The molecule has 0 saturated carbocycles. The second kappa shape index (κ2) is 5.40. The van der Waals surface area contributed by atoms with Gasteiger partial charge in [-0.3, -0.25) is 0 Å². The number of carbonyl (C=O) groups is 1. The average molecular weight is 194 g/mol. The van der Waals surface area contributed by atoms with Crippen LogP contribution in [-0.2, 0) is 11.3 Å². The van der Waals surface area contributed by atoms with Gasteiger partial charge in [0, 0.05) is 6.61 Å².